The summed E-state index contributed by atoms with van der Waals surface area (Å²) >= 11 is 1.73. The van der Waals surface area contributed by atoms with Crippen LogP contribution in [0, 0.1) is 0 Å². The molecule has 0 aliphatic carbocycles. The highest BCUT2D eigenvalue weighted by Crippen LogP contribution is 2.38. The third kappa shape index (κ3) is 4.57. The Hall–Kier alpha value is -1.94. The molecule has 132 valence electrons. The summed E-state index contributed by atoms with van der Waals surface area (Å²) in [4.78, 5) is 15.2. The van der Waals surface area contributed by atoms with Gasteiger partial charge in [0.2, 0.25) is 5.91 Å². The van der Waals surface area contributed by atoms with E-state index in [2.05, 4.69) is 48.6 Å². The van der Waals surface area contributed by atoms with Gasteiger partial charge in [0.1, 0.15) is 5.25 Å². The Morgan fingerprint density at radius 3 is 2.48 bits per heavy atom. The molecule has 0 bridgehead atoms. The summed E-state index contributed by atoms with van der Waals surface area (Å²) in [5.41, 5.74) is 3.43. The molecule has 1 amide bonds. The van der Waals surface area contributed by atoms with Gasteiger partial charge in [0.15, 0.2) is 0 Å². The van der Waals surface area contributed by atoms with Crippen molar-refractivity contribution in [3.05, 3.63) is 65.7 Å². The fourth-order valence-electron chi connectivity index (χ4n) is 3.23. The van der Waals surface area contributed by atoms with Gasteiger partial charge in [0.05, 0.1) is 0 Å². The van der Waals surface area contributed by atoms with Crippen molar-refractivity contribution in [2.45, 2.75) is 30.8 Å². The van der Waals surface area contributed by atoms with E-state index in [1.165, 1.54) is 5.56 Å². The average molecular weight is 355 g/mol. The zero-order valence-corrected chi connectivity index (χ0v) is 15.6. The first kappa shape index (κ1) is 17.9. The molecule has 0 radical (unpaired) electrons. The first-order valence-corrected chi connectivity index (χ1v) is 10.1. The molecule has 0 aromatic heterocycles. The lowest BCUT2D eigenvalue weighted by atomic mass is 10.1. The number of anilines is 1. The van der Waals surface area contributed by atoms with Gasteiger partial charge in [-0.05, 0) is 37.0 Å². The van der Waals surface area contributed by atoms with Crippen molar-refractivity contribution < 1.29 is 4.79 Å². The average Bonchev–Trinajstić information content (AvgIpc) is 3.19. The summed E-state index contributed by atoms with van der Waals surface area (Å²) in [5.74, 6) is 1.09. The maximum absolute atomic E-state index is 13.2. The first-order valence-electron chi connectivity index (χ1n) is 9.06. The van der Waals surface area contributed by atoms with E-state index in [0.717, 1.165) is 49.5 Å². The van der Waals surface area contributed by atoms with Gasteiger partial charge in [0.25, 0.3) is 0 Å². The second kappa shape index (κ2) is 8.95. The smallest absolute Gasteiger partial charge is 0.240 e. The van der Waals surface area contributed by atoms with Crippen LogP contribution in [-0.4, -0.2) is 30.4 Å². The van der Waals surface area contributed by atoms with Crippen molar-refractivity contribution in [3.63, 3.8) is 0 Å². The number of carbonyl (C=O) groups is 1. The molecule has 1 aliphatic heterocycles. The van der Waals surface area contributed by atoms with Crippen molar-refractivity contribution in [1.29, 1.82) is 0 Å². The molecule has 0 spiro atoms. The Balaban J connectivity index is 1.84. The molecule has 1 N–H and O–H groups in total. The summed E-state index contributed by atoms with van der Waals surface area (Å²) in [5, 5.41) is 3.26. The van der Waals surface area contributed by atoms with Crippen LogP contribution in [-0.2, 0) is 10.5 Å². The lowest BCUT2D eigenvalue weighted by Gasteiger charge is -2.25. The Labute approximate surface area is 154 Å². The number of benzene rings is 2. The van der Waals surface area contributed by atoms with E-state index in [1.807, 2.05) is 23.1 Å². The van der Waals surface area contributed by atoms with Gasteiger partial charge in [0, 0.05) is 31.1 Å². The lowest BCUT2D eigenvalue weighted by molar-refractivity contribution is -0.129. The zero-order valence-electron chi connectivity index (χ0n) is 14.8. The number of carbonyl (C=O) groups excluding carboxylic acids is 1. The van der Waals surface area contributed by atoms with Crippen LogP contribution < -0.4 is 5.32 Å². The number of hydrogen-bond donors (Lipinski definition) is 1. The molecular formula is C21H26N2OS. The van der Waals surface area contributed by atoms with Crippen molar-refractivity contribution in [1.82, 2.24) is 4.90 Å². The molecule has 25 heavy (non-hydrogen) atoms. The number of likely N-dealkylation sites (tertiary alicyclic amines) is 1. The fraction of sp³-hybridized carbons (Fsp3) is 0.381. The van der Waals surface area contributed by atoms with Crippen LogP contribution in [0.25, 0.3) is 0 Å². The molecule has 1 unspecified atom stereocenters. The molecule has 1 atom stereocenters. The molecule has 3 nitrogen and oxygen atoms in total. The van der Waals surface area contributed by atoms with Gasteiger partial charge in [-0.25, -0.2) is 0 Å². The number of para-hydroxylation sites is 1. The minimum Gasteiger partial charge on any atom is -0.385 e. The third-order valence-corrected chi connectivity index (χ3v) is 5.80. The summed E-state index contributed by atoms with van der Waals surface area (Å²) in [6.07, 6.45) is 2.24. The molecule has 1 aliphatic rings. The van der Waals surface area contributed by atoms with Crippen LogP contribution in [0.15, 0.2) is 54.6 Å². The van der Waals surface area contributed by atoms with E-state index < -0.39 is 0 Å². The van der Waals surface area contributed by atoms with Crippen molar-refractivity contribution in [3.8, 4) is 0 Å². The largest absolute Gasteiger partial charge is 0.385 e. The maximum atomic E-state index is 13.2. The predicted octanol–water partition coefficient (Wildman–Crippen LogP) is 4.72. The second-order valence-corrected chi connectivity index (χ2v) is 7.42. The molecule has 1 heterocycles. The summed E-state index contributed by atoms with van der Waals surface area (Å²) in [6.45, 7) is 4.73. The monoisotopic (exact) mass is 354 g/mol. The number of hydrogen-bond acceptors (Lipinski definition) is 3. The third-order valence-electron chi connectivity index (χ3n) is 4.51. The highest BCUT2D eigenvalue weighted by atomic mass is 32.2. The number of rotatable bonds is 7. The van der Waals surface area contributed by atoms with Crippen LogP contribution in [0.2, 0.25) is 0 Å². The zero-order chi connectivity index (χ0) is 17.5. The highest BCUT2D eigenvalue weighted by molar-refractivity contribution is 7.99. The van der Waals surface area contributed by atoms with E-state index in [-0.39, 0.29) is 11.2 Å². The van der Waals surface area contributed by atoms with E-state index in [1.54, 1.807) is 11.8 Å². The van der Waals surface area contributed by atoms with Gasteiger partial charge in [-0.3, -0.25) is 4.79 Å². The molecule has 0 saturated carbocycles. The lowest BCUT2D eigenvalue weighted by Crippen LogP contribution is -2.31. The van der Waals surface area contributed by atoms with Crippen molar-refractivity contribution >= 4 is 23.4 Å². The second-order valence-electron chi connectivity index (χ2n) is 6.33. The van der Waals surface area contributed by atoms with Crippen LogP contribution >= 0.6 is 11.8 Å². The van der Waals surface area contributed by atoms with Crippen LogP contribution in [0.5, 0.6) is 0 Å². The maximum Gasteiger partial charge on any atom is 0.240 e. The molecule has 1 saturated heterocycles. The minimum atomic E-state index is -0.159. The van der Waals surface area contributed by atoms with E-state index in [9.17, 15) is 4.79 Å². The number of amides is 1. The van der Waals surface area contributed by atoms with Crippen LogP contribution in [0.1, 0.15) is 36.1 Å². The van der Waals surface area contributed by atoms with Crippen molar-refractivity contribution in [2.75, 3.05) is 25.0 Å². The normalized spacial score (nSPS) is 15.2. The molecule has 1 fully saturated rings. The Morgan fingerprint density at radius 1 is 1.08 bits per heavy atom. The van der Waals surface area contributed by atoms with Crippen LogP contribution in [0.4, 0.5) is 5.69 Å². The topological polar surface area (TPSA) is 32.3 Å². The van der Waals surface area contributed by atoms with E-state index >= 15 is 0 Å². The summed E-state index contributed by atoms with van der Waals surface area (Å²) in [6, 6.07) is 18.6. The molecule has 3 rings (SSSR count). The number of nitrogens with one attached hydrogen (secondary N) is 1. The Morgan fingerprint density at radius 2 is 1.76 bits per heavy atom. The first-order chi connectivity index (χ1) is 12.3. The number of nitrogens with zero attached hydrogens (tertiary/aromatic N) is 1. The quantitative estimate of drug-likeness (QED) is 0.781. The van der Waals surface area contributed by atoms with E-state index in [4.69, 9.17) is 0 Å². The summed E-state index contributed by atoms with van der Waals surface area (Å²) in [7, 11) is 0. The van der Waals surface area contributed by atoms with Gasteiger partial charge in [-0.15, -0.1) is 11.8 Å². The molecular weight excluding hydrogens is 328 g/mol. The Bertz CT molecular complexity index is 683. The molecule has 2 aromatic carbocycles. The van der Waals surface area contributed by atoms with Gasteiger partial charge in [-0.2, -0.15) is 0 Å². The Kier molecular flexibility index (Phi) is 6.40. The number of thioether (sulfide) groups is 1. The fourth-order valence-corrected chi connectivity index (χ4v) is 4.46. The van der Waals surface area contributed by atoms with Crippen molar-refractivity contribution in [2.24, 2.45) is 0 Å². The highest BCUT2D eigenvalue weighted by Gasteiger charge is 2.29. The molecule has 4 heteroatoms. The standard InChI is InChI=1S/C21H26N2OS/c1-2-22-19-13-7-6-12-18(19)20(21(24)23-14-8-9-15-23)25-16-17-10-4-3-5-11-17/h3-7,10-13,20,22H,2,8-9,14-16H2,1H3. The molecule has 2 aromatic rings. The SMILES string of the molecule is CCNc1ccccc1C(SCc1ccccc1)C(=O)N1CCCC1. The minimum absolute atomic E-state index is 0.159. The van der Waals surface area contributed by atoms with Gasteiger partial charge >= 0.3 is 0 Å². The van der Waals surface area contributed by atoms with E-state index in [0.29, 0.717) is 0 Å². The predicted molar refractivity (Wildman–Crippen MR) is 107 cm³/mol. The van der Waals surface area contributed by atoms with Gasteiger partial charge in [-0.1, -0.05) is 48.5 Å². The van der Waals surface area contributed by atoms with Crippen LogP contribution in [0.3, 0.4) is 0 Å². The summed E-state index contributed by atoms with van der Waals surface area (Å²) < 4.78 is 0. The van der Waals surface area contributed by atoms with Gasteiger partial charge < -0.3 is 10.2 Å².